The van der Waals surface area contributed by atoms with E-state index in [1.807, 2.05) is 0 Å². The molecule has 0 saturated carbocycles. The Bertz CT molecular complexity index is 322. The molecule has 1 atom stereocenters. The van der Waals surface area contributed by atoms with Crippen molar-refractivity contribution in [3.63, 3.8) is 0 Å². The van der Waals surface area contributed by atoms with Gasteiger partial charge < -0.3 is 10.6 Å². The van der Waals surface area contributed by atoms with Crippen LogP contribution in [0.1, 0.15) is 38.7 Å². The summed E-state index contributed by atoms with van der Waals surface area (Å²) in [5.41, 5.74) is 8.29. The molecule has 2 N–H and O–H groups in total. The Morgan fingerprint density at radius 2 is 2.12 bits per heavy atom. The van der Waals surface area contributed by atoms with Crippen LogP contribution < -0.4 is 10.6 Å². The van der Waals surface area contributed by atoms with Gasteiger partial charge in [0, 0.05) is 18.3 Å². The number of nitrogens with two attached hydrogens (primary N) is 1. The van der Waals surface area contributed by atoms with Crippen LogP contribution in [-0.4, -0.2) is 19.1 Å². The maximum absolute atomic E-state index is 5.63. The van der Waals surface area contributed by atoms with Crippen LogP contribution in [-0.2, 0) is 0 Å². The van der Waals surface area contributed by atoms with E-state index in [2.05, 4.69) is 49.9 Å². The summed E-state index contributed by atoms with van der Waals surface area (Å²) in [6, 6.07) is 9.35. The molecule has 1 aromatic carbocycles. The highest BCUT2D eigenvalue weighted by Gasteiger charge is 2.13. The summed E-state index contributed by atoms with van der Waals surface area (Å²) in [6.07, 6.45) is 3.52. The van der Waals surface area contributed by atoms with Crippen molar-refractivity contribution < 1.29 is 0 Å². The largest absolute Gasteiger partial charge is 0.369 e. The summed E-state index contributed by atoms with van der Waals surface area (Å²) in [7, 11) is 0. The minimum absolute atomic E-state index is 0.591. The SMILES string of the molecule is CCCC(C)N(CCCN)c1cccc(C)c1. The monoisotopic (exact) mass is 234 g/mol. The van der Waals surface area contributed by atoms with Crippen molar-refractivity contribution in [3.8, 4) is 0 Å². The Balaban J connectivity index is 2.81. The molecule has 0 radical (unpaired) electrons. The van der Waals surface area contributed by atoms with Crippen LogP contribution in [0.15, 0.2) is 24.3 Å². The smallest absolute Gasteiger partial charge is 0.0371 e. The van der Waals surface area contributed by atoms with Gasteiger partial charge in [0.1, 0.15) is 0 Å². The second-order valence-corrected chi connectivity index (χ2v) is 4.81. The molecule has 2 heteroatoms. The molecule has 0 aromatic heterocycles. The highest BCUT2D eigenvalue weighted by Crippen LogP contribution is 2.20. The molecule has 0 aliphatic rings. The van der Waals surface area contributed by atoms with E-state index in [1.54, 1.807) is 0 Å². The predicted molar refractivity (Wildman–Crippen MR) is 76.6 cm³/mol. The fourth-order valence-corrected chi connectivity index (χ4v) is 2.25. The third-order valence-electron chi connectivity index (χ3n) is 3.17. The molecule has 96 valence electrons. The summed E-state index contributed by atoms with van der Waals surface area (Å²) in [6.45, 7) is 8.52. The van der Waals surface area contributed by atoms with Gasteiger partial charge in [-0.15, -0.1) is 0 Å². The normalized spacial score (nSPS) is 12.5. The van der Waals surface area contributed by atoms with E-state index in [4.69, 9.17) is 5.73 Å². The van der Waals surface area contributed by atoms with Crippen molar-refractivity contribution in [1.29, 1.82) is 0 Å². The molecule has 0 fully saturated rings. The summed E-state index contributed by atoms with van der Waals surface area (Å²) < 4.78 is 0. The fraction of sp³-hybridized carbons (Fsp3) is 0.600. The van der Waals surface area contributed by atoms with Crippen LogP contribution in [0.25, 0.3) is 0 Å². The maximum Gasteiger partial charge on any atom is 0.0371 e. The van der Waals surface area contributed by atoms with Crippen LogP contribution in [0.5, 0.6) is 0 Å². The molecule has 0 spiro atoms. The fourth-order valence-electron chi connectivity index (χ4n) is 2.25. The molecule has 0 heterocycles. The van der Waals surface area contributed by atoms with Gasteiger partial charge in [-0.05, 0) is 50.9 Å². The molecule has 0 amide bonds. The Morgan fingerprint density at radius 3 is 2.71 bits per heavy atom. The average Bonchev–Trinajstić information content (AvgIpc) is 2.30. The van der Waals surface area contributed by atoms with Gasteiger partial charge in [-0.2, -0.15) is 0 Å². The number of nitrogens with zero attached hydrogens (tertiary/aromatic N) is 1. The van der Waals surface area contributed by atoms with Gasteiger partial charge >= 0.3 is 0 Å². The number of anilines is 1. The summed E-state index contributed by atoms with van der Waals surface area (Å²) >= 11 is 0. The van der Waals surface area contributed by atoms with E-state index >= 15 is 0 Å². The first-order valence-corrected chi connectivity index (χ1v) is 6.72. The maximum atomic E-state index is 5.63. The second kappa shape index (κ2) is 7.33. The van der Waals surface area contributed by atoms with Crippen LogP contribution >= 0.6 is 0 Å². The Kier molecular flexibility index (Phi) is 6.06. The van der Waals surface area contributed by atoms with Crippen molar-refractivity contribution in [1.82, 2.24) is 0 Å². The zero-order valence-electron chi connectivity index (χ0n) is 11.4. The molecule has 0 aliphatic carbocycles. The standard InChI is InChI=1S/C15H26N2/c1-4-7-14(3)17(11-6-10-16)15-9-5-8-13(2)12-15/h5,8-9,12,14H,4,6-7,10-11,16H2,1-3H3. The van der Waals surface area contributed by atoms with E-state index in [-0.39, 0.29) is 0 Å². The highest BCUT2D eigenvalue weighted by atomic mass is 15.2. The minimum Gasteiger partial charge on any atom is -0.369 e. The molecule has 0 bridgehead atoms. The van der Waals surface area contributed by atoms with Gasteiger partial charge in [-0.25, -0.2) is 0 Å². The molecule has 1 unspecified atom stereocenters. The second-order valence-electron chi connectivity index (χ2n) is 4.81. The van der Waals surface area contributed by atoms with E-state index in [0.29, 0.717) is 6.04 Å². The first kappa shape index (κ1) is 14.0. The molecular weight excluding hydrogens is 208 g/mol. The van der Waals surface area contributed by atoms with Crippen molar-refractivity contribution >= 4 is 5.69 Å². The zero-order valence-corrected chi connectivity index (χ0v) is 11.4. The van der Waals surface area contributed by atoms with Crippen molar-refractivity contribution in [3.05, 3.63) is 29.8 Å². The van der Waals surface area contributed by atoms with Crippen LogP contribution in [0.3, 0.4) is 0 Å². The van der Waals surface area contributed by atoms with Crippen LogP contribution in [0, 0.1) is 6.92 Å². The average molecular weight is 234 g/mol. The Hall–Kier alpha value is -1.02. The number of aryl methyl sites for hydroxylation is 1. The van der Waals surface area contributed by atoms with Crippen LogP contribution in [0.2, 0.25) is 0 Å². The van der Waals surface area contributed by atoms with E-state index in [0.717, 1.165) is 19.5 Å². The third kappa shape index (κ3) is 4.39. The van der Waals surface area contributed by atoms with Gasteiger partial charge in [0.05, 0.1) is 0 Å². The molecule has 0 aliphatic heterocycles. The molecule has 2 nitrogen and oxygen atoms in total. The third-order valence-corrected chi connectivity index (χ3v) is 3.17. The van der Waals surface area contributed by atoms with Gasteiger partial charge in [0.2, 0.25) is 0 Å². The molecular formula is C15H26N2. The van der Waals surface area contributed by atoms with Gasteiger partial charge in [-0.3, -0.25) is 0 Å². The van der Waals surface area contributed by atoms with E-state index < -0.39 is 0 Å². The lowest BCUT2D eigenvalue weighted by molar-refractivity contribution is 0.571. The first-order chi connectivity index (χ1) is 8.19. The van der Waals surface area contributed by atoms with Gasteiger partial charge in [0.25, 0.3) is 0 Å². The first-order valence-electron chi connectivity index (χ1n) is 6.72. The van der Waals surface area contributed by atoms with Gasteiger partial charge in [-0.1, -0.05) is 25.5 Å². The summed E-state index contributed by atoms with van der Waals surface area (Å²) in [4.78, 5) is 2.49. The topological polar surface area (TPSA) is 29.3 Å². The minimum atomic E-state index is 0.591. The molecule has 1 aromatic rings. The lowest BCUT2D eigenvalue weighted by atomic mass is 10.1. The van der Waals surface area contributed by atoms with Crippen molar-refractivity contribution in [2.75, 3.05) is 18.0 Å². The molecule has 0 saturated heterocycles. The lowest BCUT2D eigenvalue weighted by Gasteiger charge is -2.31. The number of hydrogen-bond donors (Lipinski definition) is 1. The Labute approximate surface area is 106 Å². The zero-order chi connectivity index (χ0) is 12.7. The van der Waals surface area contributed by atoms with Crippen molar-refractivity contribution in [2.24, 2.45) is 5.73 Å². The van der Waals surface area contributed by atoms with E-state index in [1.165, 1.54) is 24.1 Å². The number of benzene rings is 1. The summed E-state index contributed by atoms with van der Waals surface area (Å²) in [5.74, 6) is 0. The summed E-state index contributed by atoms with van der Waals surface area (Å²) in [5, 5.41) is 0. The highest BCUT2D eigenvalue weighted by molar-refractivity contribution is 5.49. The van der Waals surface area contributed by atoms with E-state index in [9.17, 15) is 0 Å². The van der Waals surface area contributed by atoms with Crippen LogP contribution in [0.4, 0.5) is 5.69 Å². The molecule has 17 heavy (non-hydrogen) atoms. The Morgan fingerprint density at radius 1 is 1.35 bits per heavy atom. The number of rotatable bonds is 7. The molecule has 1 rings (SSSR count). The predicted octanol–water partition coefficient (Wildman–Crippen LogP) is 3.34. The number of hydrogen-bond acceptors (Lipinski definition) is 2. The lowest BCUT2D eigenvalue weighted by Crippen LogP contribution is -2.34. The van der Waals surface area contributed by atoms with Crippen molar-refractivity contribution in [2.45, 2.75) is 46.1 Å². The van der Waals surface area contributed by atoms with Gasteiger partial charge in [0.15, 0.2) is 0 Å². The quantitative estimate of drug-likeness (QED) is 0.784.